The van der Waals surface area contributed by atoms with Crippen LogP contribution in [-0.2, 0) is 0 Å². The number of hydrogen-bond acceptors (Lipinski definition) is 5. The van der Waals surface area contributed by atoms with E-state index in [9.17, 15) is 0 Å². The first-order chi connectivity index (χ1) is 12.7. The van der Waals surface area contributed by atoms with E-state index in [0.717, 1.165) is 13.0 Å². The predicted molar refractivity (Wildman–Crippen MR) is 109 cm³/mol. The third-order valence-corrected chi connectivity index (χ3v) is 4.15. The largest absolute Gasteiger partial charge is 0.362 e. The van der Waals surface area contributed by atoms with Gasteiger partial charge in [0.25, 0.3) is 0 Å². The molecule has 0 spiro atoms. The standard InChI is InChI=1S/C18H19ClN6S/c1-2-3-4-10-20-18(26)25-16-9-8-13-17(24-16)23-14(11-21-13)12-6-5-7-15(19)22-12/h5-9,11H,2-4,10H2,1H3,(H2,20,23,24,25,26). The SMILES string of the molecule is CCCCCNC(=S)Nc1ccc2ncc(-c3cccc(Cl)n3)nc2n1. The molecule has 0 aliphatic heterocycles. The second-order valence-corrected chi connectivity index (χ2v) is 6.52. The topological polar surface area (TPSA) is 75.6 Å². The van der Waals surface area contributed by atoms with Gasteiger partial charge in [-0.2, -0.15) is 0 Å². The lowest BCUT2D eigenvalue weighted by atomic mass is 10.2. The molecule has 0 amide bonds. The van der Waals surface area contributed by atoms with E-state index in [4.69, 9.17) is 23.8 Å². The van der Waals surface area contributed by atoms with E-state index in [1.807, 2.05) is 24.3 Å². The number of anilines is 1. The average Bonchev–Trinajstić information content (AvgIpc) is 2.65. The van der Waals surface area contributed by atoms with Gasteiger partial charge in [0.2, 0.25) is 0 Å². The summed E-state index contributed by atoms with van der Waals surface area (Å²) in [5, 5.41) is 7.22. The van der Waals surface area contributed by atoms with Crippen molar-refractivity contribution in [2.24, 2.45) is 0 Å². The minimum atomic E-state index is 0.410. The molecule has 0 atom stereocenters. The number of fused-ring (bicyclic) bond motifs is 1. The summed E-state index contributed by atoms with van der Waals surface area (Å²) < 4.78 is 0. The van der Waals surface area contributed by atoms with Crippen molar-refractivity contribution in [1.82, 2.24) is 25.3 Å². The number of thiocarbonyl (C=S) groups is 1. The smallest absolute Gasteiger partial charge is 0.180 e. The van der Waals surface area contributed by atoms with Crippen LogP contribution in [-0.4, -0.2) is 31.6 Å². The van der Waals surface area contributed by atoms with E-state index < -0.39 is 0 Å². The fourth-order valence-corrected chi connectivity index (χ4v) is 2.75. The molecule has 26 heavy (non-hydrogen) atoms. The molecule has 0 bridgehead atoms. The molecular formula is C18H19ClN6S. The molecular weight excluding hydrogens is 368 g/mol. The monoisotopic (exact) mass is 386 g/mol. The van der Waals surface area contributed by atoms with Gasteiger partial charge in [-0.05, 0) is 42.9 Å². The summed E-state index contributed by atoms with van der Waals surface area (Å²) in [5.74, 6) is 0.621. The summed E-state index contributed by atoms with van der Waals surface area (Å²) in [6.07, 6.45) is 5.11. The van der Waals surface area contributed by atoms with Crippen LogP contribution in [0.5, 0.6) is 0 Å². The molecule has 0 unspecified atom stereocenters. The van der Waals surface area contributed by atoms with E-state index in [0.29, 0.717) is 38.6 Å². The Balaban J connectivity index is 1.76. The Kier molecular flexibility index (Phi) is 6.25. The highest BCUT2D eigenvalue weighted by Gasteiger charge is 2.07. The second-order valence-electron chi connectivity index (χ2n) is 5.73. The summed E-state index contributed by atoms with van der Waals surface area (Å²) >= 11 is 11.3. The molecule has 0 radical (unpaired) electrons. The van der Waals surface area contributed by atoms with Gasteiger partial charge in [0.1, 0.15) is 22.2 Å². The molecule has 0 aromatic carbocycles. The van der Waals surface area contributed by atoms with Crippen LogP contribution in [0.1, 0.15) is 26.2 Å². The number of halogens is 1. The van der Waals surface area contributed by atoms with E-state index in [1.54, 1.807) is 12.3 Å². The first-order valence-corrected chi connectivity index (χ1v) is 9.26. The van der Waals surface area contributed by atoms with Gasteiger partial charge in [-0.15, -0.1) is 0 Å². The lowest BCUT2D eigenvalue weighted by Gasteiger charge is -2.10. The van der Waals surface area contributed by atoms with Crippen molar-refractivity contribution in [2.45, 2.75) is 26.2 Å². The van der Waals surface area contributed by atoms with E-state index in [2.05, 4.69) is 37.5 Å². The van der Waals surface area contributed by atoms with Gasteiger partial charge >= 0.3 is 0 Å². The number of pyridine rings is 2. The molecule has 3 aromatic heterocycles. The molecule has 3 heterocycles. The Bertz CT molecular complexity index is 917. The third-order valence-electron chi connectivity index (χ3n) is 3.69. The second kappa shape index (κ2) is 8.82. The van der Waals surface area contributed by atoms with Crippen LogP contribution in [0.4, 0.5) is 5.82 Å². The molecule has 0 aliphatic carbocycles. The lowest BCUT2D eigenvalue weighted by molar-refractivity contribution is 0.697. The molecule has 0 saturated carbocycles. The van der Waals surface area contributed by atoms with Crippen LogP contribution in [0, 0.1) is 0 Å². The number of nitrogens with one attached hydrogen (secondary N) is 2. The van der Waals surface area contributed by atoms with Crippen LogP contribution >= 0.6 is 23.8 Å². The Morgan fingerprint density at radius 2 is 1.96 bits per heavy atom. The Morgan fingerprint density at radius 1 is 1.08 bits per heavy atom. The predicted octanol–water partition coefficient (Wildman–Crippen LogP) is 4.22. The normalized spacial score (nSPS) is 10.7. The first kappa shape index (κ1) is 18.4. The van der Waals surface area contributed by atoms with Gasteiger partial charge in [0.15, 0.2) is 10.8 Å². The highest BCUT2D eigenvalue weighted by molar-refractivity contribution is 7.80. The Labute approximate surface area is 162 Å². The fourth-order valence-electron chi connectivity index (χ4n) is 2.38. The molecule has 134 valence electrons. The van der Waals surface area contributed by atoms with E-state index in [-0.39, 0.29) is 0 Å². The van der Waals surface area contributed by atoms with Gasteiger partial charge in [-0.25, -0.2) is 15.0 Å². The maximum atomic E-state index is 5.95. The quantitative estimate of drug-likeness (QED) is 0.373. The molecule has 3 aromatic rings. The maximum absolute atomic E-state index is 5.95. The first-order valence-electron chi connectivity index (χ1n) is 8.47. The highest BCUT2D eigenvalue weighted by Crippen LogP contribution is 2.19. The van der Waals surface area contributed by atoms with Gasteiger partial charge in [-0.1, -0.05) is 37.4 Å². The summed E-state index contributed by atoms with van der Waals surface area (Å²) in [4.78, 5) is 17.7. The van der Waals surface area contributed by atoms with Crippen molar-refractivity contribution in [3.05, 3.63) is 41.7 Å². The van der Waals surface area contributed by atoms with E-state index >= 15 is 0 Å². The van der Waals surface area contributed by atoms with Crippen molar-refractivity contribution in [1.29, 1.82) is 0 Å². The molecule has 3 rings (SSSR count). The number of aromatic nitrogens is 4. The van der Waals surface area contributed by atoms with Gasteiger partial charge < -0.3 is 10.6 Å². The van der Waals surface area contributed by atoms with Crippen LogP contribution in [0.15, 0.2) is 36.5 Å². The zero-order chi connectivity index (χ0) is 18.4. The van der Waals surface area contributed by atoms with Gasteiger partial charge in [0, 0.05) is 6.54 Å². The van der Waals surface area contributed by atoms with Crippen molar-refractivity contribution in [3.63, 3.8) is 0 Å². The van der Waals surface area contributed by atoms with Crippen LogP contribution in [0.25, 0.3) is 22.6 Å². The number of nitrogens with zero attached hydrogens (tertiary/aromatic N) is 4. The average molecular weight is 387 g/mol. The van der Waals surface area contributed by atoms with Gasteiger partial charge in [0.05, 0.1) is 11.9 Å². The summed E-state index contributed by atoms with van der Waals surface area (Å²) in [5.41, 5.74) is 2.48. The summed E-state index contributed by atoms with van der Waals surface area (Å²) in [6.45, 7) is 3.02. The zero-order valence-corrected chi connectivity index (χ0v) is 15.9. The minimum absolute atomic E-state index is 0.410. The molecule has 2 N–H and O–H groups in total. The molecule has 6 nitrogen and oxygen atoms in total. The fraction of sp³-hybridized carbons (Fsp3) is 0.278. The zero-order valence-electron chi connectivity index (χ0n) is 14.4. The lowest BCUT2D eigenvalue weighted by Crippen LogP contribution is -2.29. The van der Waals surface area contributed by atoms with Crippen molar-refractivity contribution >= 4 is 45.9 Å². The van der Waals surface area contributed by atoms with Crippen molar-refractivity contribution in [2.75, 3.05) is 11.9 Å². The molecule has 0 fully saturated rings. The van der Waals surface area contributed by atoms with Gasteiger partial charge in [-0.3, -0.25) is 4.98 Å². The third kappa shape index (κ3) is 4.83. The molecule has 8 heteroatoms. The van der Waals surface area contributed by atoms with Crippen LogP contribution in [0.2, 0.25) is 5.15 Å². The molecule has 0 saturated heterocycles. The van der Waals surface area contributed by atoms with Crippen LogP contribution in [0.3, 0.4) is 0 Å². The highest BCUT2D eigenvalue weighted by atomic mass is 35.5. The minimum Gasteiger partial charge on any atom is -0.362 e. The Morgan fingerprint density at radius 3 is 2.77 bits per heavy atom. The Hall–Kier alpha value is -2.38. The summed E-state index contributed by atoms with van der Waals surface area (Å²) in [6, 6.07) is 9.05. The summed E-state index contributed by atoms with van der Waals surface area (Å²) in [7, 11) is 0. The van der Waals surface area contributed by atoms with E-state index in [1.165, 1.54) is 12.8 Å². The van der Waals surface area contributed by atoms with Crippen molar-refractivity contribution in [3.8, 4) is 11.4 Å². The maximum Gasteiger partial charge on any atom is 0.180 e. The number of hydrogen-bond donors (Lipinski definition) is 2. The number of rotatable bonds is 6. The van der Waals surface area contributed by atoms with Crippen molar-refractivity contribution < 1.29 is 0 Å². The number of unbranched alkanes of at least 4 members (excludes halogenated alkanes) is 2. The van der Waals surface area contributed by atoms with Crippen LogP contribution < -0.4 is 10.6 Å². The molecule has 0 aliphatic rings.